The Hall–Kier alpha value is -0.170. The van der Waals surface area contributed by atoms with Crippen molar-refractivity contribution in [3.63, 3.8) is 0 Å². The molecule has 0 unspecified atom stereocenters. The van der Waals surface area contributed by atoms with Gasteiger partial charge in [0.15, 0.2) is 0 Å². The number of rotatable bonds is 5. The second-order valence-corrected chi connectivity index (χ2v) is 6.86. The van der Waals surface area contributed by atoms with Gasteiger partial charge in [-0.1, -0.05) is 20.3 Å². The molecule has 2 N–H and O–H groups in total. The molecule has 6 heteroatoms. The van der Waals surface area contributed by atoms with Crippen molar-refractivity contribution in [2.75, 3.05) is 26.2 Å². The van der Waals surface area contributed by atoms with Crippen LogP contribution in [0.5, 0.6) is 0 Å². The van der Waals surface area contributed by atoms with Gasteiger partial charge in [0.25, 0.3) is 10.2 Å². The molecular weight excluding hydrogens is 228 g/mol. The Balaban J connectivity index is 2.51. The van der Waals surface area contributed by atoms with Gasteiger partial charge < -0.3 is 5.11 Å². The summed E-state index contributed by atoms with van der Waals surface area (Å²) >= 11 is 0. The molecule has 0 aliphatic carbocycles. The van der Waals surface area contributed by atoms with Crippen LogP contribution in [0.1, 0.15) is 33.1 Å². The molecule has 0 aromatic heterocycles. The first-order valence-corrected chi connectivity index (χ1v) is 7.17. The molecule has 0 amide bonds. The van der Waals surface area contributed by atoms with E-state index in [2.05, 4.69) is 4.72 Å². The summed E-state index contributed by atoms with van der Waals surface area (Å²) in [5.41, 5.74) is -0.414. The summed E-state index contributed by atoms with van der Waals surface area (Å²) in [6.07, 6.45) is 2.97. The zero-order valence-corrected chi connectivity index (χ0v) is 10.9. The van der Waals surface area contributed by atoms with Crippen molar-refractivity contribution in [2.45, 2.75) is 33.1 Å². The molecule has 0 aromatic carbocycles. The summed E-state index contributed by atoms with van der Waals surface area (Å²) in [6, 6.07) is 0. The maximum absolute atomic E-state index is 11.9. The van der Waals surface area contributed by atoms with E-state index in [1.54, 1.807) is 0 Å². The Morgan fingerprint density at radius 3 is 2.31 bits per heavy atom. The molecule has 0 atom stereocenters. The number of nitrogens with one attached hydrogen (secondary N) is 1. The Bertz CT molecular complexity index is 308. The van der Waals surface area contributed by atoms with Crippen molar-refractivity contribution in [1.29, 1.82) is 0 Å². The fraction of sp³-hybridized carbons (Fsp3) is 1.00. The largest absolute Gasteiger partial charge is 0.396 e. The van der Waals surface area contributed by atoms with Crippen LogP contribution in [0.15, 0.2) is 0 Å². The van der Waals surface area contributed by atoms with Crippen LogP contribution in [-0.4, -0.2) is 44.1 Å². The third-order valence-corrected chi connectivity index (χ3v) is 4.37. The average Bonchev–Trinajstić information content (AvgIpc) is 2.28. The Morgan fingerprint density at radius 2 is 1.81 bits per heavy atom. The van der Waals surface area contributed by atoms with Crippen molar-refractivity contribution in [1.82, 2.24) is 9.03 Å². The molecule has 0 spiro atoms. The highest BCUT2D eigenvalue weighted by atomic mass is 32.2. The summed E-state index contributed by atoms with van der Waals surface area (Å²) in [5.74, 6) is 0. The van der Waals surface area contributed by atoms with Crippen LogP contribution in [0.3, 0.4) is 0 Å². The lowest BCUT2D eigenvalue weighted by Gasteiger charge is -2.28. The van der Waals surface area contributed by atoms with Crippen molar-refractivity contribution < 1.29 is 13.5 Å². The number of nitrogens with zero attached hydrogens (tertiary/aromatic N) is 1. The highest BCUT2D eigenvalue weighted by Crippen LogP contribution is 2.15. The molecule has 1 aliphatic heterocycles. The Kier molecular flexibility index (Phi) is 4.73. The molecule has 0 bridgehead atoms. The van der Waals surface area contributed by atoms with Crippen LogP contribution in [0, 0.1) is 5.41 Å². The first-order chi connectivity index (χ1) is 7.37. The maximum atomic E-state index is 11.9. The third-order valence-electron chi connectivity index (χ3n) is 2.82. The quantitative estimate of drug-likeness (QED) is 0.738. The minimum atomic E-state index is -3.35. The van der Waals surface area contributed by atoms with Gasteiger partial charge in [-0.25, -0.2) is 4.72 Å². The predicted molar refractivity (Wildman–Crippen MR) is 63.2 cm³/mol. The van der Waals surface area contributed by atoms with Crippen LogP contribution in [0.25, 0.3) is 0 Å². The standard InChI is InChI=1S/C10H22N2O3S/c1-10(2,9-13)8-11-16(14,15)12-6-4-3-5-7-12/h11,13H,3-9H2,1-2H3. The van der Waals surface area contributed by atoms with E-state index in [-0.39, 0.29) is 13.2 Å². The van der Waals surface area contributed by atoms with Crippen molar-refractivity contribution in [2.24, 2.45) is 5.41 Å². The second kappa shape index (κ2) is 5.44. The predicted octanol–water partition coefficient (Wildman–Crippen LogP) is 0.325. The molecule has 1 saturated heterocycles. The molecule has 1 fully saturated rings. The molecule has 5 nitrogen and oxygen atoms in total. The summed E-state index contributed by atoms with van der Waals surface area (Å²) in [5, 5.41) is 9.05. The van der Waals surface area contributed by atoms with E-state index < -0.39 is 15.6 Å². The molecule has 96 valence electrons. The van der Waals surface area contributed by atoms with Crippen LogP contribution >= 0.6 is 0 Å². The van der Waals surface area contributed by atoms with Crippen LogP contribution in [0.4, 0.5) is 0 Å². The summed E-state index contributed by atoms with van der Waals surface area (Å²) in [4.78, 5) is 0. The molecular formula is C10H22N2O3S. The fourth-order valence-corrected chi connectivity index (χ4v) is 3.03. The van der Waals surface area contributed by atoms with Gasteiger partial charge in [-0.05, 0) is 12.8 Å². The third kappa shape index (κ3) is 4.01. The molecule has 1 heterocycles. The number of hydrogen-bond donors (Lipinski definition) is 2. The van der Waals surface area contributed by atoms with E-state index >= 15 is 0 Å². The number of aliphatic hydroxyl groups excluding tert-OH is 1. The van der Waals surface area contributed by atoms with Gasteiger partial charge in [0.2, 0.25) is 0 Å². The second-order valence-electron chi connectivity index (χ2n) is 5.11. The van der Waals surface area contributed by atoms with E-state index in [1.165, 1.54) is 4.31 Å². The Morgan fingerprint density at radius 1 is 1.25 bits per heavy atom. The van der Waals surface area contributed by atoms with E-state index in [9.17, 15) is 8.42 Å². The molecule has 1 aliphatic rings. The lowest BCUT2D eigenvalue weighted by Crippen LogP contribution is -2.46. The lowest BCUT2D eigenvalue weighted by molar-refractivity contribution is 0.162. The van der Waals surface area contributed by atoms with Gasteiger partial charge in [-0.15, -0.1) is 0 Å². The van der Waals surface area contributed by atoms with Crippen LogP contribution in [-0.2, 0) is 10.2 Å². The summed E-state index contributed by atoms with van der Waals surface area (Å²) in [6.45, 7) is 5.10. The lowest BCUT2D eigenvalue weighted by atomic mass is 9.96. The molecule has 0 saturated carbocycles. The van der Waals surface area contributed by atoms with Gasteiger partial charge in [0.1, 0.15) is 0 Å². The number of aliphatic hydroxyl groups is 1. The van der Waals surface area contributed by atoms with Crippen molar-refractivity contribution >= 4 is 10.2 Å². The highest BCUT2D eigenvalue weighted by molar-refractivity contribution is 7.87. The van der Waals surface area contributed by atoms with Gasteiger partial charge in [0, 0.05) is 31.7 Å². The van der Waals surface area contributed by atoms with Gasteiger partial charge >= 0.3 is 0 Å². The smallest absolute Gasteiger partial charge is 0.279 e. The fourth-order valence-electron chi connectivity index (χ4n) is 1.54. The maximum Gasteiger partial charge on any atom is 0.279 e. The first-order valence-electron chi connectivity index (χ1n) is 5.73. The molecule has 0 radical (unpaired) electrons. The van der Waals surface area contributed by atoms with Crippen molar-refractivity contribution in [3.05, 3.63) is 0 Å². The van der Waals surface area contributed by atoms with Gasteiger partial charge in [-0.3, -0.25) is 0 Å². The molecule has 0 aromatic rings. The molecule has 16 heavy (non-hydrogen) atoms. The summed E-state index contributed by atoms with van der Waals surface area (Å²) in [7, 11) is -3.35. The Labute approximate surface area is 98.0 Å². The first kappa shape index (κ1) is 13.9. The normalized spacial score (nSPS) is 19.9. The monoisotopic (exact) mass is 250 g/mol. The minimum absolute atomic E-state index is 0.0322. The highest BCUT2D eigenvalue weighted by Gasteiger charge is 2.26. The van der Waals surface area contributed by atoms with Crippen LogP contribution < -0.4 is 4.72 Å². The zero-order chi connectivity index (χ0) is 12.2. The van der Waals surface area contributed by atoms with Gasteiger partial charge in [0.05, 0.1) is 0 Å². The zero-order valence-electron chi connectivity index (χ0n) is 10.1. The summed E-state index contributed by atoms with van der Waals surface area (Å²) < 4.78 is 27.8. The van der Waals surface area contributed by atoms with E-state index in [1.807, 2.05) is 13.8 Å². The van der Waals surface area contributed by atoms with Crippen molar-refractivity contribution in [3.8, 4) is 0 Å². The molecule has 1 rings (SSSR count). The number of hydrogen-bond acceptors (Lipinski definition) is 3. The SMILES string of the molecule is CC(C)(CO)CNS(=O)(=O)N1CCCCC1. The van der Waals surface area contributed by atoms with E-state index in [0.717, 1.165) is 19.3 Å². The number of piperidine rings is 1. The average molecular weight is 250 g/mol. The van der Waals surface area contributed by atoms with Crippen LogP contribution in [0.2, 0.25) is 0 Å². The van der Waals surface area contributed by atoms with E-state index in [0.29, 0.717) is 13.1 Å². The van der Waals surface area contributed by atoms with Gasteiger partial charge in [-0.2, -0.15) is 12.7 Å². The minimum Gasteiger partial charge on any atom is -0.396 e. The topological polar surface area (TPSA) is 69.6 Å². The van der Waals surface area contributed by atoms with E-state index in [4.69, 9.17) is 5.11 Å².